The van der Waals surface area contributed by atoms with Crippen molar-refractivity contribution in [2.24, 2.45) is 5.92 Å². The number of fused-ring (bicyclic) bond motifs is 1. The second-order valence-electron chi connectivity index (χ2n) is 6.56. The minimum Gasteiger partial charge on any atom is -0.335 e. The van der Waals surface area contributed by atoms with Gasteiger partial charge in [0.15, 0.2) is 0 Å². The Bertz CT molecular complexity index is 793. The highest BCUT2D eigenvalue weighted by atomic mass is 16.2. The molecule has 1 aliphatic carbocycles. The van der Waals surface area contributed by atoms with Crippen LogP contribution < -0.4 is 5.56 Å². The molecule has 3 heterocycles. The Balaban J connectivity index is 1.58. The summed E-state index contributed by atoms with van der Waals surface area (Å²) in [5, 5.41) is 4.05. The molecule has 8 heteroatoms. The van der Waals surface area contributed by atoms with Crippen molar-refractivity contribution in [1.29, 1.82) is 0 Å². The minimum atomic E-state index is -0.0633. The van der Waals surface area contributed by atoms with Crippen molar-refractivity contribution in [2.75, 3.05) is 6.54 Å². The van der Waals surface area contributed by atoms with Gasteiger partial charge in [-0.3, -0.25) is 14.2 Å². The van der Waals surface area contributed by atoms with Gasteiger partial charge >= 0.3 is 0 Å². The fourth-order valence-electron chi connectivity index (χ4n) is 3.11. The average molecular weight is 328 g/mol. The van der Waals surface area contributed by atoms with Gasteiger partial charge in [0, 0.05) is 25.6 Å². The fourth-order valence-corrected chi connectivity index (χ4v) is 3.11. The predicted octanol–water partition coefficient (Wildman–Crippen LogP) is 0.415. The van der Waals surface area contributed by atoms with Crippen LogP contribution in [0.3, 0.4) is 0 Å². The molecule has 0 radical (unpaired) electrons. The molecule has 0 spiro atoms. The molecule has 126 valence electrons. The highest BCUT2D eigenvalue weighted by Crippen LogP contribution is 2.33. The van der Waals surface area contributed by atoms with Crippen LogP contribution in [-0.4, -0.2) is 41.7 Å². The van der Waals surface area contributed by atoms with Crippen molar-refractivity contribution in [3.8, 4) is 0 Å². The summed E-state index contributed by atoms with van der Waals surface area (Å²) in [5.74, 6) is 1.41. The van der Waals surface area contributed by atoms with Crippen molar-refractivity contribution in [3.05, 3.63) is 40.6 Å². The van der Waals surface area contributed by atoms with E-state index in [9.17, 15) is 9.59 Å². The van der Waals surface area contributed by atoms with Gasteiger partial charge in [-0.05, 0) is 25.2 Å². The van der Waals surface area contributed by atoms with Crippen LogP contribution in [0.1, 0.15) is 37.2 Å². The van der Waals surface area contributed by atoms with Crippen LogP contribution in [0.4, 0.5) is 0 Å². The Kier molecular flexibility index (Phi) is 3.87. The summed E-state index contributed by atoms with van der Waals surface area (Å²) in [4.78, 5) is 35.2. The first-order valence-electron chi connectivity index (χ1n) is 8.39. The molecule has 1 saturated carbocycles. The van der Waals surface area contributed by atoms with E-state index in [1.54, 1.807) is 21.6 Å². The highest BCUT2D eigenvalue weighted by Gasteiger charge is 2.28. The van der Waals surface area contributed by atoms with Gasteiger partial charge in [-0.1, -0.05) is 0 Å². The summed E-state index contributed by atoms with van der Waals surface area (Å²) in [6.45, 7) is 2.11. The number of rotatable bonds is 4. The lowest BCUT2D eigenvalue weighted by Crippen LogP contribution is -2.32. The largest absolute Gasteiger partial charge is 0.335 e. The van der Waals surface area contributed by atoms with Crippen molar-refractivity contribution in [1.82, 2.24) is 29.2 Å². The standard InChI is InChI=1S/C16H20N6O2/c23-15(6-12-2-3-12)20-4-1-5-22-14(9-20)19-13(7-16(22)24)8-21-11-17-10-18-21/h7,10-12H,1-6,8-9H2. The van der Waals surface area contributed by atoms with Gasteiger partial charge in [-0.25, -0.2) is 14.6 Å². The van der Waals surface area contributed by atoms with E-state index >= 15 is 0 Å². The molecular formula is C16H20N6O2. The molecule has 1 fully saturated rings. The minimum absolute atomic E-state index is 0.0633. The van der Waals surface area contributed by atoms with Crippen LogP contribution in [0.15, 0.2) is 23.5 Å². The molecule has 0 bridgehead atoms. The summed E-state index contributed by atoms with van der Waals surface area (Å²) in [7, 11) is 0. The highest BCUT2D eigenvalue weighted by molar-refractivity contribution is 5.76. The van der Waals surface area contributed by atoms with Crippen LogP contribution in [0.2, 0.25) is 0 Å². The average Bonchev–Trinajstić information content (AvgIpc) is 3.27. The molecule has 2 aromatic rings. The first-order valence-corrected chi connectivity index (χ1v) is 8.39. The van der Waals surface area contributed by atoms with Crippen molar-refractivity contribution >= 4 is 5.91 Å². The molecule has 1 amide bonds. The molecule has 4 rings (SSSR count). The number of nitrogens with zero attached hydrogens (tertiary/aromatic N) is 6. The molecular weight excluding hydrogens is 308 g/mol. The zero-order valence-electron chi connectivity index (χ0n) is 13.5. The van der Waals surface area contributed by atoms with E-state index in [1.165, 1.54) is 6.33 Å². The number of hydrogen-bond acceptors (Lipinski definition) is 5. The zero-order chi connectivity index (χ0) is 16.5. The van der Waals surface area contributed by atoms with Crippen LogP contribution in [0.25, 0.3) is 0 Å². The fraction of sp³-hybridized carbons (Fsp3) is 0.562. The molecule has 2 aliphatic rings. The van der Waals surface area contributed by atoms with E-state index in [-0.39, 0.29) is 11.5 Å². The lowest BCUT2D eigenvalue weighted by molar-refractivity contribution is -0.132. The maximum absolute atomic E-state index is 12.4. The zero-order valence-corrected chi connectivity index (χ0v) is 13.5. The Morgan fingerprint density at radius 1 is 1.29 bits per heavy atom. The summed E-state index contributed by atoms with van der Waals surface area (Å²) >= 11 is 0. The van der Waals surface area contributed by atoms with Gasteiger partial charge in [0.1, 0.15) is 18.5 Å². The maximum Gasteiger partial charge on any atom is 0.253 e. The summed E-state index contributed by atoms with van der Waals surface area (Å²) < 4.78 is 3.32. The second kappa shape index (κ2) is 6.18. The molecule has 0 aromatic carbocycles. The Morgan fingerprint density at radius 3 is 2.92 bits per heavy atom. The van der Waals surface area contributed by atoms with E-state index in [1.807, 2.05) is 4.90 Å². The van der Waals surface area contributed by atoms with Gasteiger partial charge < -0.3 is 4.90 Å². The third-order valence-corrected chi connectivity index (χ3v) is 4.59. The van der Waals surface area contributed by atoms with E-state index in [4.69, 9.17) is 0 Å². The van der Waals surface area contributed by atoms with Crippen molar-refractivity contribution in [3.63, 3.8) is 0 Å². The quantitative estimate of drug-likeness (QED) is 0.812. The smallest absolute Gasteiger partial charge is 0.253 e. The SMILES string of the molecule is O=C(CC1CC1)N1CCCn2c(nc(Cn3cncn3)cc2=O)C1. The Morgan fingerprint density at radius 2 is 2.17 bits per heavy atom. The summed E-state index contributed by atoms with van der Waals surface area (Å²) in [6, 6.07) is 1.55. The summed E-state index contributed by atoms with van der Waals surface area (Å²) in [5.41, 5.74) is 0.583. The van der Waals surface area contributed by atoms with Gasteiger partial charge in [0.25, 0.3) is 5.56 Å². The number of hydrogen-bond donors (Lipinski definition) is 0. The van der Waals surface area contributed by atoms with E-state index in [0.717, 1.165) is 19.3 Å². The third kappa shape index (κ3) is 3.22. The lowest BCUT2D eigenvalue weighted by Gasteiger charge is -2.20. The predicted molar refractivity (Wildman–Crippen MR) is 85.0 cm³/mol. The molecule has 24 heavy (non-hydrogen) atoms. The number of aromatic nitrogens is 5. The maximum atomic E-state index is 12.4. The van der Waals surface area contributed by atoms with Crippen LogP contribution in [0.5, 0.6) is 0 Å². The Labute approximate surface area is 139 Å². The molecule has 1 aliphatic heterocycles. The monoisotopic (exact) mass is 328 g/mol. The number of amides is 1. The van der Waals surface area contributed by atoms with Crippen molar-refractivity contribution < 1.29 is 4.79 Å². The van der Waals surface area contributed by atoms with Gasteiger partial charge in [0.2, 0.25) is 5.91 Å². The molecule has 0 N–H and O–H groups in total. The molecule has 0 saturated heterocycles. The third-order valence-electron chi connectivity index (χ3n) is 4.59. The van der Waals surface area contributed by atoms with Crippen LogP contribution in [-0.2, 0) is 24.4 Å². The summed E-state index contributed by atoms with van der Waals surface area (Å²) in [6.07, 6.45) is 6.78. The molecule has 8 nitrogen and oxygen atoms in total. The lowest BCUT2D eigenvalue weighted by atomic mass is 10.2. The number of carbonyl (C=O) groups is 1. The second-order valence-corrected chi connectivity index (χ2v) is 6.56. The topological polar surface area (TPSA) is 85.9 Å². The van der Waals surface area contributed by atoms with Gasteiger partial charge in [-0.2, -0.15) is 5.10 Å². The van der Waals surface area contributed by atoms with E-state index in [2.05, 4.69) is 15.1 Å². The van der Waals surface area contributed by atoms with E-state index < -0.39 is 0 Å². The van der Waals surface area contributed by atoms with Crippen LogP contribution in [0, 0.1) is 5.92 Å². The first kappa shape index (κ1) is 15.0. The van der Waals surface area contributed by atoms with Crippen LogP contribution >= 0.6 is 0 Å². The molecule has 2 aromatic heterocycles. The Hall–Kier alpha value is -2.51. The number of carbonyl (C=O) groups excluding carboxylic acids is 1. The molecule has 0 atom stereocenters. The van der Waals surface area contributed by atoms with E-state index in [0.29, 0.717) is 50.0 Å². The molecule has 0 unspecified atom stereocenters. The first-order chi connectivity index (χ1) is 11.7. The van der Waals surface area contributed by atoms with Gasteiger partial charge in [0.05, 0.1) is 18.8 Å². The van der Waals surface area contributed by atoms with Gasteiger partial charge in [-0.15, -0.1) is 0 Å². The normalized spacial score (nSPS) is 17.4. The van der Waals surface area contributed by atoms with Crippen molar-refractivity contribution in [2.45, 2.75) is 45.3 Å².